The standard InChI is InChI=1S/C16H12N2O3/c17-10-2-4-13-6-8-16(9-7-13)21-12-14-3-1-5-15(11-14)18(19)20/h1-9,11H,12H2. The number of allylic oxidation sites excluding steroid dienone is 1. The van der Waals surface area contributed by atoms with Crippen molar-refractivity contribution in [2.75, 3.05) is 0 Å². The maximum absolute atomic E-state index is 10.7. The first-order valence-electron chi connectivity index (χ1n) is 6.21. The number of nitriles is 1. The van der Waals surface area contributed by atoms with Gasteiger partial charge in [0.1, 0.15) is 12.4 Å². The summed E-state index contributed by atoms with van der Waals surface area (Å²) in [6.07, 6.45) is 3.10. The molecule has 0 atom stereocenters. The van der Waals surface area contributed by atoms with Crippen LogP contribution < -0.4 is 4.74 Å². The van der Waals surface area contributed by atoms with Gasteiger partial charge in [0.25, 0.3) is 5.69 Å². The van der Waals surface area contributed by atoms with Crippen molar-refractivity contribution in [2.45, 2.75) is 6.61 Å². The van der Waals surface area contributed by atoms with Crippen LogP contribution >= 0.6 is 0 Å². The number of nitro benzene ring substituents is 1. The molecule has 0 spiro atoms. The van der Waals surface area contributed by atoms with Gasteiger partial charge in [0, 0.05) is 18.2 Å². The summed E-state index contributed by atoms with van der Waals surface area (Å²) >= 11 is 0. The van der Waals surface area contributed by atoms with Gasteiger partial charge in [0.05, 0.1) is 11.0 Å². The first-order valence-corrected chi connectivity index (χ1v) is 6.21. The zero-order chi connectivity index (χ0) is 15.1. The molecule has 0 bridgehead atoms. The fourth-order valence-corrected chi connectivity index (χ4v) is 1.74. The highest BCUT2D eigenvalue weighted by atomic mass is 16.6. The Morgan fingerprint density at radius 2 is 2.00 bits per heavy atom. The number of hydrogen-bond acceptors (Lipinski definition) is 4. The summed E-state index contributed by atoms with van der Waals surface area (Å²) in [7, 11) is 0. The summed E-state index contributed by atoms with van der Waals surface area (Å²) in [6, 6.07) is 15.5. The van der Waals surface area contributed by atoms with Gasteiger partial charge in [-0.15, -0.1) is 0 Å². The second-order valence-corrected chi connectivity index (χ2v) is 4.25. The average Bonchev–Trinajstić information content (AvgIpc) is 2.52. The molecule has 0 amide bonds. The molecule has 21 heavy (non-hydrogen) atoms. The van der Waals surface area contributed by atoms with Gasteiger partial charge in [-0.1, -0.05) is 24.3 Å². The predicted molar refractivity (Wildman–Crippen MR) is 78.5 cm³/mol. The maximum atomic E-state index is 10.7. The van der Waals surface area contributed by atoms with Crippen LogP contribution in [-0.4, -0.2) is 4.92 Å². The SMILES string of the molecule is N#CC=Cc1ccc(OCc2cccc([N+](=O)[O-])c2)cc1. The van der Waals surface area contributed by atoms with Crippen LogP contribution in [0.2, 0.25) is 0 Å². The largest absolute Gasteiger partial charge is 0.489 e. The van der Waals surface area contributed by atoms with E-state index >= 15 is 0 Å². The normalized spacial score (nSPS) is 10.2. The zero-order valence-corrected chi connectivity index (χ0v) is 11.1. The Kier molecular flexibility index (Phi) is 4.67. The number of ether oxygens (including phenoxy) is 1. The predicted octanol–water partition coefficient (Wildman–Crippen LogP) is 3.71. The first kappa shape index (κ1) is 14.3. The van der Waals surface area contributed by atoms with Gasteiger partial charge in [0.2, 0.25) is 0 Å². The molecule has 2 aromatic rings. The maximum Gasteiger partial charge on any atom is 0.269 e. The Morgan fingerprint density at radius 1 is 1.24 bits per heavy atom. The molecule has 0 radical (unpaired) electrons. The third-order valence-electron chi connectivity index (χ3n) is 2.76. The minimum atomic E-state index is -0.431. The van der Waals surface area contributed by atoms with Gasteiger partial charge in [-0.3, -0.25) is 10.1 Å². The first-order chi connectivity index (χ1) is 10.2. The highest BCUT2D eigenvalue weighted by Gasteiger charge is 2.05. The molecule has 0 aliphatic rings. The van der Waals surface area contributed by atoms with Gasteiger partial charge in [0.15, 0.2) is 0 Å². The fraction of sp³-hybridized carbons (Fsp3) is 0.0625. The minimum absolute atomic E-state index is 0.0492. The molecule has 0 aromatic heterocycles. The van der Waals surface area contributed by atoms with E-state index in [-0.39, 0.29) is 12.3 Å². The number of rotatable bonds is 5. The van der Waals surface area contributed by atoms with Gasteiger partial charge in [-0.2, -0.15) is 5.26 Å². The van der Waals surface area contributed by atoms with E-state index < -0.39 is 4.92 Å². The summed E-state index contributed by atoms with van der Waals surface area (Å²) in [6.45, 7) is 0.259. The van der Waals surface area contributed by atoms with E-state index in [2.05, 4.69) is 0 Å². The molecule has 0 N–H and O–H groups in total. The van der Waals surface area contributed by atoms with Gasteiger partial charge in [-0.05, 0) is 29.3 Å². The molecule has 0 saturated carbocycles. The van der Waals surface area contributed by atoms with Crippen LogP contribution in [0.1, 0.15) is 11.1 Å². The Balaban J connectivity index is 2.00. The number of hydrogen-bond donors (Lipinski definition) is 0. The minimum Gasteiger partial charge on any atom is -0.489 e. The molecule has 0 aliphatic carbocycles. The van der Waals surface area contributed by atoms with Gasteiger partial charge >= 0.3 is 0 Å². The highest BCUT2D eigenvalue weighted by Crippen LogP contribution is 2.17. The van der Waals surface area contributed by atoms with E-state index in [4.69, 9.17) is 10.00 Å². The molecule has 0 unspecified atom stereocenters. The van der Waals surface area contributed by atoms with Crippen molar-refractivity contribution < 1.29 is 9.66 Å². The quantitative estimate of drug-likeness (QED) is 0.475. The van der Waals surface area contributed by atoms with E-state index in [9.17, 15) is 10.1 Å². The van der Waals surface area contributed by atoms with Gasteiger partial charge in [-0.25, -0.2) is 0 Å². The molecule has 0 heterocycles. The monoisotopic (exact) mass is 280 g/mol. The van der Waals surface area contributed by atoms with Crippen LogP contribution in [-0.2, 0) is 6.61 Å². The Bertz CT molecular complexity index is 700. The van der Waals surface area contributed by atoms with E-state index in [1.165, 1.54) is 18.2 Å². The van der Waals surface area contributed by atoms with Crippen molar-refractivity contribution in [3.63, 3.8) is 0 Å². The van der Waals surface area contributed by atoms with Crippen LogP contribution in [0.3, 0.4) is 0 Å². The van der Waals surface area contributed by atoms with E-state index in [1.807, 2.05) is 18.2 Å². The molecule has 0 saturated heterocycles. The average molecular weight is 280 g/mol. The number of benzene rings is 2. The van der Waals surface area contributed by atoms with Crippen LogP contribution in [0, 0.1) is 21.4 Å². The number of non-ortho nitro benzene ring substituents is 1. The molecule has 104 valence electrons. The topological polar surface area (TPSA) is 76.2 Å². The Morgan fingerprint density at radius 3 is 2.67 bits per heavy atom. The molecule has 2 rings (SSSR count). The third-order valence-corrected chi connectivity index (χ3v) is 2.76. The van der Waals surface area contributed by atoms with E-state index in [0.29, 0.717) is 5.75 Å². The molecule has 2 aromatic carbocycles. The van der Waals surface area contributed by atoms with Gasteiger partial charge < -0.3 is 4.74 Å². The summed E-state index contributed by atoms with van der Waals surface area (Å²) in [4.78, 5) is 10.3. The van der Waals surface area contributed by atoms with Crippen LogP contribution in [0.4, 0.5) is 5.69 Å². The van der Waals surface area contributed by atoms with Crippen molar-refractivity contribution in [2.24, 2.45) is 0 Å². The molecular weight excluding hydrogens is 268 g/mol. The third kappa shape index (κ3) is 4.18. The Hall–Kier alpha value is -3.13. The lowest BCUT2D eigenvalue weighted by molar-refractivity contribution is -0.384. The molecule has 0 fully saturated rings. The Labute approximate surface area is 121 Å². The lowest BCUT2D eigenvalue weighted by Crippen LogP contribution is -1.96. The van der Waals surface area contributed by atoms with Crippen molar-refractivity contribution in [3.8, 4) is 11.8 Å². The zero-order valence-electron chi connectivity index (χ0n) is 11.1. The molecule has 5 nitrogen and oxygen atoms in total. The van der Waals surface area contributed by atoms with Crippen molar-refractivity contribution in [3.05, 3.63) is 75.8 Å². The second-order valence-electron chi connectivity index (χ2n) is 4.25. The highest BCUT2D eigenvalue weighted by molar-refractivity contribution is 5.52. The second kappa shape index (κ2) is 6.87. The lowest BCUT2D eigenvalue weighted by atomic mass is 10.2. The molecule has 0 aliphatic heterocycles. The summed E-state index contributed by atoms with van der Waals surface area (Å²) in [5, 5.41) is 19.1. The van der Waals surface area contributed by atoms with E-state index in [0.717, 1.165) is 11.1 Å². The summed E-state index contributed by atoms with van der Waals surface area (Å²) in [5.74, 6) is 0.663. The lowest BCUT2D eigenvalue weighted by Gasteiger charge is -2.06. The van der Waals surface area contributed by atoms with Crippen molar-refractivity contribution in [1.29, 1.82) is 5.26 Å². The fourth-order valence-electron chi connectivity index (χ4n) is 1.74. The van der Waals surface area contributed by atoms with Crippen molar-refractivity contribution >= 4 is 11.8 Å². The number of nitrogens with zero attached hydrogens (tertiary/aromatic N) is 2. The molecular formula is C16H12N2O3. The van der Waals surface area contributed by atoms with E-state index in [1.54, 1.807) is 30.3 Å². The van der Waals surface area contributed by atoms with Crippen LogP contribution in [0.25, 0.3) is 6.08 Å². The van der Waals surface area contributed by atoms with Crippen LogP contribution in [0.15, 0.2) is 54.6 Å². The molecule has 5 heteroatoms. The van der Waals surface area contributed by atoms with Crippen LogP contribution in [0.5, 0.6) is 5.75 Å². The smallest absolute Gasteiger partial charge is 0.269 e. The van der Waals surface area contributed by atoms with Crippen molar-refractivity contribution in [1.82, 2.24) is 0 Å². The summed E-state index contributed by atoms with van der Waals surface area (Å²) < 4.78 is 5.57. The number of nitro groups is 1. The summed E-state index contributed by atoms with van der Waals surface area (Å²) in [5.41, 5.74) is 1.69.